The van der Waals surface area contributed by atoms with E-state index in [1.165, 1.54) is 0 Å². The summed E-state index contributed by atoms with van der Waals surface area (Å²) in [4.78, 5) is 0. The Morgan fingerprint density at radius 1 is 1.50 bits per heavy atom. The van der Waals surface area contributed by atoms with Crippen LogP contribution in [0.1, 0.15) is 12.0 Å². The standard InChI is InChI=1S/C10H10ClNO2/c11-9-3-2-8(7-12)10(6-9)14-5-1-4-13/h2-3,6,13H,1,4-5H2. The van der Waals surface area contributed by atoms with Crippen molar-refractivity contribution in [3.63, 3.8) is 0 Å². The first kappa shape index (κ1) is 10.8. The lowest BCUT2D eigenvalue weighted by atomic mass is 10.2. The van der Waals surface area contributed by atoms with Gasteiger partial charge in [0.2, 0.25) is 0 Å². The van der Waals surface area contributed by atoms with Crippen molar-refractivity contribution in [1.82, 2.24) is 0 Å². The molecule has 0 saturated carbocycles. The van der Waals surface area contributed by atoms with E-state index in [1.807, 2.05) is 6.07 Å². The van der Waals surface area contributed by atoms with Crippen molar-refractivity contribution in [2.24, 2.45) is 0 Å². The third kappa shape index (κ3) is 2.91. The fourth-order valence-corrected chi connectivity index (χ4v) is 1.12. The van der Waals surface area contributed by atoms with Gasteiger partial charge in [-0.15, -0.1) is 0 Å². The Morgan fingerprint density at radius 2 is 2.29 bits per heavy atom. The molecule has 0 amide bonds. The summed E-state index contributed by atoms with van der Waals surface area (Å²) < 4.78 is 5.28. The van der Waals surface area contributed by atoms with Crippen LogP contribution in [0.2, 0.25) is 5.02 Å². The summed E-state index contributed by atoms with van der Waals surface area (Å²) in [6.07, 6.45) is 0.539. The van der Waals surface area contributed by atoms with Crippen LogP contribution in [-0.4, -0.2) is 18.3 Å². The number of nitriles is 1. The van der Waals surface area contributed by atoms with Crippen LogP contribution in [0.25, 0.3) is 0 Å². The van der Waals surface area contributed by atoms with E-state index in [4.69, 9.17) is 26.7 Å². The highest BCUT2D eigenvalue weighted by molar-refractivity contribution is 6.30. The van der Waals surface area contributed by atoms with Gasteiger partial charge in [-0.05, 0) is 12.1 Å². The van der Waals surface area contributed by atoms with Crippen molar-refractivity contribution >= 4 is 11.6 Å². The summed E-state index contributed by atoms with van der Waals surface area (Å²) in [5.41, 5.74) is 0.451. The Hall–Kier alpha value is -1.24. The molecule has 0 aliphatic rings. The van der Waals surface area contributed by atoms with E-state index in [1.54, 1.807) is 18.2 Å². The molecule has 0 aromatic heterocycles. The van der Waals surface area contributed by atoms with Gasteiger partial charge in [0.25, 0.3) is 0 Å². The van der Waals surface area contributed by atoms with E-state index < -0.39 is 0 Å². The number of nitrogens with zero attached hydrogens (tertiary/aromatic N) is 1. The molecule has 0 aliphatic carbocycles. The zero-order chi connectivity index (χ0) is 10.4. The van der Waals surface area contributed by atoms with Gasteiger partial charge in [-0.1, -0.05) is 11.6 Å². The minimum atomic E-state index is 0.0719. The predicted octanol–water partition coefficient (Wildman–Crippen LogP) is 1.97. The molecule has 0 heterocycles. The fourth-order valence-electron chi connectivity index (χ4n) is 0.955. The van der Waals surface area contributed by atoms with Crippen LogP contribution in [-0.2, 0) is 0 Å². The number of benzene rings is 1. The molecule has 4 heteroatoms. The summed E-state index contributed by atoms with van der Waals surface area (Å²) in [5, 5.41) is 17.8. The highest BCUT2D eigenvalue weighted by Gasteiger charge is 2.03. The normalized spacial score (nSPS) is 9.50. The number of hydrogen-bond donors (Lipinski definition) is 1. The van der Waals surface area contributed by atoms with Gasteiger partial charge in [0.15, 0.2) is 0 Å². The minimum Gasteiger partial charge on any atom is -0.492 e. The molecule has 0 bridgehead atoms. The summed E-state index contributed by atoms with van der Waals surface area (Å²) in [7, 11) is 0. The van der Waals surface area contributed by atoms with Crippen LogP contribution in [0.5, 0.6) is 5.75 Å². The van der Waals surface area contributed by atoms with E-state index in [0.717, 1.165) is 0 Å². The Balaban J connectivity index is 2.73. The van der Waals surface area contributed by atoms with Crippen LogP contribution in [0.15, 0.2) is 18.2 Å². The van der Waals surface area contributed by atoms with E-state index in [0.29, 0.717) is 29.4 Å². The first-order valence-electron chi connectivity index (χ1n) is 4.21. The van der Waals surface area contributed by atoms with Crippen LogP contribution < -0.4 is 4.74 Å². The van der Waals surface area contributed by atoms with Crippen LogP contribution in [0.3, 0.4) is 0 Å². The Morgan fingerprint density at radius 3 is 2.93 bits per heavy atom. The van der Waals surface area contributed by atoms with E-state index in [-0.39, 0.29) is 6.61 Å². The number of halogens is 1. The lowest BCUT2D eigenvalue weighted by molar-refractivity contribution is 0.233. The second-order valence-electron chi connectivity index (χ2n) is 2.68. The fraction of sp³-hybridized carbons (Fsp3) is 0.300. The second kappa shape index (κ2) is 5.48. The third-order valence-corrected chi connectivity index (χ3v) is 1.86. The average molecular weight is 212 g/mol. The van der Waals surface area contributed by atoms with Crippen molar-refractivity contribution in [1.29, 1.82) is 5.26 Å². The smallest absolute Gasteiger partial charge is 0.138 e. The molecular weight excluding hydrogens is 202 g/mol. The van der Waals surface area contributed by atoms with E-state index in [2.05, 4.69) is 0 Å². The van der Waals surface area contributed by atoms with Crippen molar-refractivity contribution in [3.8, 4) is 11.8 Å². The van der Waals surface area contributed by atoms with Crippen LogP contribution in [0, 0.1) is 11.3 Å². The second-order valence-corrected chi connectivity index (χ2v) is 3.11. The minimum absolute atomic E-state index is 0.0719. The van der Waals surface area contributed by atoms with Crippen LogP contribution >= 0.6 is 11.6 Å². The van der Waals surface area contributed by atoms with Crippen molar-refractivity contribution in [2.45, 2.75) is 6.42 Å². The Bertz CT molecular complexity index is 346. The zero-order valence-corrected chi connectivity index (χ0v) is 8.29. The van der Waals surface area contributed by atoms with Crippen LogP contribution in [0.4, 0.5) is 0 Å². The van der Waals surface area contributed by atoms with Gasteiger partial charge >= 0.3 is 0 Å². The highest BCUT2D eigenvalue weighted by Crippen LogP contribution is 2.22. The van der Waals surface area contributed by atoms with Crippen molar-refractivity contribution in [3.05, 3.63) is 28.8 Å². The average Bonchev–Trinajstić information content (AvgIpc) is 2.19. The molecule has 14 heavy (non-hydrogen) atoms. The molecule has 1 N–H and O–H groups in total. The quantitative estimate of drug-likeness (QED) is 0.775. The molecular formula is C10H10ClNO2. The summed E-state index contributed by atoms with van der Waals surface area (Å²) in [5.74, 6) is 0.466. The Labute approximate surface area is 87.5 Å². The van der Waals surface area contributed by atoms with Crippen molar-refractivity contribution in [2.75, 3.05) is 13.2 Å². The molecule has 0 spiro atoms. The monoisotopic (exact) mass is 211 g/mol. The molecule has 0 fully saturated rings. The maximum Gasteiger partial charge on any atom is 0.138 e. The largest absolute Gasteiger partial charge is 0.492 e. The SMILES string of the molecule is N#Cc1ccc(Cl)cc1OCCCO. The first-order valence-corrected chi connectivity index (χ1v) is 4.59. The number of aliphatic hydroxyl groups excluding tert-OH is 1. The zero-order valence-electron chi connectivity index (χ0n) is 7.53. The van der Waals surface area contributed by atoms with Gasteiger partial charge in [-0.3, -0.25) is 0 Å². The molecule has 0 unspecified atom stereocenters. The lowest BCUT2D eigenvalue weighted by Gasteiger charge is -2.06. The predicted molar refractivity (Wildman–Crippen MR) is 53.4 cm³/mol. The molecule has 0 saturated heterocycles. The molecule has 1 aromatic carbocycles. The summed E-state index contributed by atoms with van der Waals surface area (Å²) in [6.45, 7) is 0.452. The molecule has 0 atom stereocenters. The Kier molecular flexibility index (Phi) is 4.24. The maximum absolute atomic E-state index is 8.74. The van der Waals surface area contributed by atoms with Gasteiger partial charge in [-0.25, -0.2) is 0 Å². The maximum atomic E-state index is 8.74. The number of aliphatic hydroxyl groups is 1. The van der Waals surface area contributed by atoms with Crippen molar-refractivity contribution < 1.29 is 9.84 Å². The van der Waals surface area contributed by atoms with E-state index >= 15 is 0 Å². The van der Waals surface area contributed by atoms with Gasteiger partial charge in [0, 0.05) is 24.1 Å². The lowest BCUT2D eigenvalue weighted by Crippen LogP contribution is -2.01. The number of rotatable bonds is 4. The molecule has 1 rings (SSSR count). The molecule has 0 radical (unpaired) electrons. The molecule has 0 aliphatic heterocycles. The van der Waals surface area contributed by atoms with Gasteiger partial charge in [0.05, 0.1) is 12.2 Å². The number of hydrogen-bond acceptors (Lipinski definition) is 3. The van der Waals surface area contributed by atoms with Gasteiger partial charge in [0.1, 0.15) is 11.8 Å². The summed E-state index contributed by atoms with van der Waals surface area (Å²) >= 11 is 5.75. The molecule has 74 valence electrons. The summed E-state index contributed by atoms with van der Waals surface area (Å²) in [6, 6.07) is 6.84. The number of ether oxygens (including phenoxy) is 1. The van der Waals surface area contributed by atoms with E-state index in [9.17, 15) is 0 Å². The third-order valence-electron chi connectivity index (χ3n) is 1.62. The first-order chi connectivity index (χ1) is 6.77. The van der Waals surface area contributed by atoms with Gasteiger partial charge < -0.3 is 9.84 Å². The highest BCUT2D eigenvalue weighted by atomic mass is 35.5. The topological polar surface area (TPSA) is 53.2 Å². The molecule has 1 aromatic rings. The van der Waals surface area contributed by atoms with Gasteiger partial charge in [-0.2, -0.15) is 5.26 Å². The molecule has 3 nitrogen and oxygen atoms in total.